The van der Waals surface area contributed by atoms with E-state index in [1.807, 2.05) is 15.5 Å². The van der Waals surface area contributed by atoms with Crippen LogP contribution in [-0.2, 0) is 33.5 Å². The van der Waals surface area contributed by atoms with Crippen LogP contribution in [0.1, 0.15) is 41.3 Å². The number of benzene rings is 1. The van der Waals surface area contributed by atoms with E-state index < -0.39 is 0 Å². The van der Waals surface area contributed by atoms with E-state index in [1.165, 1.54) is 6.07 Å². The lowest BCUT2D eigenvalue weighted by atomic mass is 9.90. The molecular formula is C25H30FN5O4. The molecule has 0 unspecified atom stereocenters. The van der Waals surface area contributed by atoms with Crippen molar-refractivity contribution < 1.29 is 23.4 Å². The van der Waals surface area contributed by atoms with Crippen LogP contribution in [0.5, 0.6) is 5.75 Å². The molecule has 1 amide bonds. The molecule has 10 heteroatoms. The van der Waals surface area contributed by atoms with Gasteiger partial charge in [-0.15, -0.1) is 10.2 Å². The van der Waals surface area contributed by atoms with Gasteiger partial charge in [-0.05, 0) is 42.9 Å². The van der Waals surface area contributed by atoms with E-state index >= 15 is 0 Å². The first-order chi connectivity index (χ1) is 17.2. The number of piperidine rings is 1. The Morgan fingerprint density at radius 1 is 1.23 bits per heavy atom. The first-order valence-electron chi connectivity index (χ1n) is 12.1. The third kappa shape index (κ3) is 4.99. The number of nitrogens with zero attached hydrogens (tertiary/aromatic N) is 5. The van der Waals surface area contributed by atoms with Crippen LogP contribution in [0.4, 0.5) is 4.39 Å². The molecule has 0 aliphatic carbocycles. The molecule has 4 heterocycles. The number of hydrogen-bond donors (Lipinski definition) is 0. The molecule has 0 N–H and O–H groups in total. The van der Waals surface area contributed by atoms with Gasteiger partial charge in [0.25, 0.3) is 0 Å². The van der Waals surface area contributed by atoms with E-state index in [9.17, 15) is 9.18 Å². The fraction of sp³-hybridized carbons (Fsp3) is 0.520. The van der Waals surface area contributed by atoms with Gasteiger partial charge in [0, 0.05) is 50.4 Å². The lowest BCUT2D eigenvalue weighted by molar-refractivity contribution is -0.137. The maximum absolute atomic E-state index is 14.6. The molecule has 0 spiro atoms. The number of halogens is 1. The molecule has 9 nitrogen and oxygen atoms in total. The molecule has 0 bridgehead atoms. The zero-order chi connectivity index (χ0) is 24.2. The third-order valence-electron chi connectivity index (χ3n) is 6.92. The fourth-order valence-corrected chi connectivity index (χ4v) is 5.01. The summed E-state index contributed by atoms with van der Waals surface area (Å²) in [6, 6.07) is 3.19. The van der Waals surface area contributed by atoms with Gasteiger partial charge < -0.3 is 19.1 Å². The van der Waals surface area contributed by atoms with Crippen molar-refractivity contribution in [2.75, 3.05) is 46.6 Å². The van der Waals surface area contributed by atoms with Crippen LogP contribution in [0.3, 0.4) is 0 Å². The Labute approximate surface area is 203 Å². The van der Waals surface area contributed by atoms with Gasteiger partial charge in [0.15, 0.2) is 5.65 Å². The Bertz CT molecular complexity index is 1190. The van der Waals surface area contributed by atoms with Crippen molar-refractivity contribution in [1.82, 2.24) is 24.5 Å². The molecule has 2 aromatic heterocycles. The highest BCUT2D eigenvalue weighted by Gasteiger charge is 2.27. The summed E-state index contributed by atoms with van der Waals surface area (Å²) in [5, 5.41) is 8.49. The molecule has 3 aromatic rings. The Morgan fingerprint density at radius 2 is 2.09 bits per heavy atom. The normalized spacial score (nSPS) is 16.0. The van der Waals surface area contributed by atoms with Crippen molar-refractivity contribution in [3.05, 3.63) is 53.0 Å². The Balaban J connectivity index is 1.24. The number of aryl methyl sites for hydroxylation is 1. The van der Waals surface area contributed by atoms with Crippen LogP contribution in [0.2, 0.25) is 0 Å². The highest BCUT2D eigenvalue weighted by Crippen LogP contribution is 2.32. The summed E-state index contributed by atoms with van der Waals surface area (Å²) in [5.74, 6) is 1.63. The zero-order valence-electron chi connectivity index (χ0n) is 19.9. The number of methoxy groups -OCH3 is 1. The molecule has 5 rings (SSSR count). The van der Waals surface area contributed by atoms with Gasteiger partial charge in [0.2, 0.25) is 5.91 Å². The lowest BCUT2D eigenvalue weighted by Gasteiger charge is -2.32. The predicted octanol–water partition coefficient (Wildman–Crippen LogP) is 2.35. The average molecular weight is 484 g/mol. The average Bonchev–Trinajstić information content (AvgIpc) is 3.56. The van der Waals surface area contributed by atoms with Crippen LogP contribution in [0.25, 0.3) is 5.65 Å². The van der Waals surface area contributed by atoms with Gasteiger partial charge in [-0.1, -0.05) is 0 Å². The number of hydrogen-bond acceptors (Lipinski definition) is 7. The summed E-state index contributed by atoms with van der Waals surface area (Å²) in [4.78, 5) is 19.0. The summed E-state index contributed by atoms with van der Waals surface area (Å²) < 4.78 is 32.4. The predicted molar refractivity (Wildman–Crippen MR) is 125 cm³/mol. The number of rotatable bonds is 9. The summed E-state index contributed by atoms with van der Waals surface area (Å²) >= 11 is 0. The Morgan fingerprint density at radius 3 is 2.91 bits per heavy atom. The SMILES string of the molecule is COCCOCC(=O)N1CCC(c2cnc(CCc3c(F)ccc4c3CCO4)n3cnnc23)CC1. The van der Waals surface area contributed by atoms with Gasteiger partial charge in [-0.25, -0.2) is 9.37 Å². The van der Waals surface area contributed by atoms with E-state index in [-0.39, 0.29) is 24.2 Å². The van der Waals surface area contributed by atoms with Crippen LogP contribution in [-0.4, -0.2) is 77.0 Å². The zero-order valence-corrected chi connectivity index (χ0v) is 19.9. The molecule has 2 aliphatic rings. The van der Waals surface area contributed by atoms with E-state index in [1.54, 1.807) is 19.5 Å². The minimum Gasteiger partial charge on any atom is -0.493 e. The molecule has 0 radical (unpaired) electrons. The van der Waals surface area contributed by atoms with E-state index in [2.05, 4.69) is 10.2 Å². The van der Waals surface area contributed by atoms with Crippen molar-refractivity contribution in [3.8, 4) is 5.75 Å². The molecule has 0 saturated carbocycles. The Kier molecular flexibility index (Phi) is 7.19. The van der Waals surface area contributed by atoms with Gasteiger partial charge in [-0.2, -0.15) is 0 Å². The first kappa shape index (κ1) is 23.6. The molecule has 0 atom stereocenters. The van der Waals surface area contributed by atoms with Gasteiger partial charge in [0.05, 0.1) is 19.8 Å². The van der Waals surface area contributed by atoms with Crippen LogP contribution in [0, 0.1) is 5.82 Å². The highest BCUT2D eigenvalue weighted by molar-refractivity contribution is 5.77. The Hall–Kier alpha value is -3.11. The molecule has 1 fully saturated rings. The third-order valence-corrected chi connectivity index (χ3v) is 6.92. The topological polar surface area (TPSA) is 91.1 Å². The number of carbonyl (C=O) groups excluding carboxylic acids is 1. The van der Waals surface area contributed by atoms with Crippen LogP contribution < -0.4 is 4.74 Å². The number of ether oxygens (including phenoxy) is 3. The number of amides is 1. The van der Waals surface area contributed by atoms with E-state index in [0.717, 1.165) is 47.6 Å². The van der Waals surface area contributed by atoms with Gasteiger partial charge >= 0.3 is 0 Å². The summed E-state index contributed by atoms with van der Waals surface area (Å²) in [6.07, 6.45) is 7.04. The number of fused-ring (bicyclic) bond motifs is 2. The summed E-state index contributed by atoms with van der Waals surface area (Å²) in [5.41, 5.74) is 3.49. The van der Waals surface area contributed by atoms with E-state index in [0.29, 0.717) is 51.3 Å². The van der Waals surface area contributed by atoms with Crippen molar-refractivity contribution in [2.24, 2.45) is 0 Å². The van der Waals surface area contributed by atoms with Crippen LogP contribution >= 0.6 is 0 Å². The number of carbonyl (C=O) groups is 1. The number of likely N-dealkylation sites (tertiary alicyclic amines) is 1. The lowest BCUT2D eigenvalue weighted by Crippen LogP contribution is -2.40. The monoisotopic (exact) mass is 483 g/mol. The quantitative estimate of drug-likeness (QED) is 0.432. The molecule has 35 heavy (non-hydrogen) atoms. The number of aromatic nitrogens is 4. The smallest absolute Gasteiger partial charge is 0.248 e. The molecule has 1 aromatic carbocycles. The van der Waals surface area contributed by atoms with Crippen molar-refractivity contribution in [1.29, 1.82) is 0 Å². The largest absolute Gasteiger partial charge is 0.493 e. The van der Waals surface area contributed by atoms with Crippen LogP contribution in [0.15, 0.2) is 24.7 Å². The second kappa shape index (κ2) is 10.7. The molecule has 186 valence electrons. The van der Waals surface area contributed by atoms with Gasteiger partial charge in [0.1, 0.15) is 30.3 Å². The summed E-state index contributed by atoms with van der Waals surface area (Å²) in [6.45, 7) is 2.90. The highest BCUT2D eigenvalue weighted by atomic mass is 19.1. The molecule has 2 aliphatic heterocycles. The summed E-state index contributed by atoms with van der Waals surface area (Å²) in [7, 11) is 1.60. The standard InChI is InChI=1S/C25H30FN5O4/c1-33-12-13-34-15-24(32)30-9-6-17(7-10-30)20-14-27-23(31-16-28-29-25(20)31)5-2-18-19-8-11-35-22(19)4-3-21(18)26/h3-4,14,16-17H,2,5-13,15H2,1H3. The minimum atomic E-state index is -0.198. The van der Waals surface area contributed by atoms with Gasteiger partial charge in [-0.3, -0.25) is 9.20 Å². The van der Waals surface area contributed by atoms with Crippen molar-refractivity contribution >= 4 is 11.6 Å². The van der Waals surface area contributed by atoms with Crippen molar-refractivity contribution in [3.63, 3.8) is 0 Å². The second-order valence-electron chi connectivity index (χ2n) is 8.96. The maximum atomic E-state index is 14.6. The maximum Gasteiger partial charge on any atom is 0.248 e. The first-order valence-corrected chi connectivity index (χ1v) is 12.1. The van der Waals surface area contributed by atoms with Crippen molar-refractivity contribution in [2.45, 2.75) is 38.0 Å². The molecular weight excluding hydrogens is 453 g/mol. The fourth-order valence-electron chi connectivity index (χ4n) is 5.01. The van der Waals surface area contributed by atoms with E-state index in [4.69, 9.17) is 19.2 Å². The molecule has 1 saturated heterocycles. The second-order valence-corrected chi connectivity index (χ2v) is 8.96. The minimum absolute atomic E-state index is 0.00526.